The van der Waals surface area contributed by atoms with Crippen LogP contribution in [0.5, 0.6) is 0 Å². The second-order valence-electron chi connectivity index (χ2n) is 4.82. The lowest BCUT2D eigenvalue weighted by molar-refractivity contribution is 0.183. The highest BCUT2D eigenvalue weighted by atomic mass is 15.2. The van der Waals surface area contributed by atoms with E-state index in [0.717, 1.165) is 18.7 Å². The van der Waals surface area contributed by atoms with E-state index in [-0.39, 0.29) is 0 Å². The summed E-state index contributed by atoms with van der Waals surface area (Å²) in [5.41, 5.74) is 2.16. The summed E-state index contributed by atoms with van der Waals surface area (Å²) in [5.74, 6) is 0. The van der Waals surface area contributed by atoms with Crippen molar-refractivity contribution in [3.8, 4) is 0 Å². The maximum atomic E-state index is 4.44. The number of hydrogen-bond donors (Lipinski definition) is 0. The maximum absolute atomic E-state index is 4.44. The first kappa shape index (κ1) is 11.4. The molecule has 0 radical (unpaired) electrons. The minimum atomic E-state index is 0.457. The quantitative estimate of drug-likeness (QED) is 0.722. The molecule has 0 amide bonds. The van der Waals surface area contributed by atoms with E-state index in [1.165, 1.54) is 25.2 Å². The molecule has 1 saturated heterocycles. The van der Waals surface area contributed by atoms with E-state index in [2.05, 4.69) is 41.4 Å². The summed E-state index contributed by atoms with van der Waals surface area (Å²) >= 11 is 0. The van der Waals surface area contributed by atoms with E-state index in [1.807, 2.05) is 6.21 Å². The van der Waals surface area contributed by atoms with Crippen LogP contribution in [0.4, 0.5) is 0 Å². The second kappa shape index (κ2) is 4.83. The molecule has 0 N–H and O–H groups in total. The standard InChI is InChI=1S/C13H21N3/c1-11(2)16-10-13(14-9-12(16)3)5-8-15-6-4-7-15/h9-11H,3-8H2,1-2H3. The highest BCUT2D eigenvalue weighted by Gasteiger charge is 2.16. The summed E-state index contributed by atoms with van der Waals surface area (Å²) < 4.78 is 0. The smallest absolute Gasteiger partial charge is 0.0579 e. The molecule has 88 valence electrons. The molecular formula is C13H21N3. The Morgan fingerprint density at radius 2 is 2.19 bits per heavy atom. The number of allylic oxidation sites excluding steroid dienone is 1. The molecule has 2 heterocycles. The van der Waals surface area contributed by atoms with Gasteiger partial charge in [0, 0.05) is 25.2 Å². The Bertz CT molecular complexity index is 324. The number of aliphatic imine (C=N–C) groups is 1. The molecule has 0 aromatic carbocycles. The molecule has 0 aromatic heterocycles. The third-order valence-electron chi connectivity index (χ3n) is 3.19. The predicted molar refractivity (Wildman–Crippen MR) is 68.4 cm³/mol. The van der Waals surface area contributed by atoms with Gasteiger partial charge in [0.25, 0.3) is 0 Å². The van der Waals surface area contributed by atoms with Crippen LogP contribution in [0.3, 0.4) is 0 Å². The highest BCUT2D eigenvalue weighted by Crippen LogP contribution is 2.18. The Labute approximate surface area is 98.1 Å². The van der Waals surface area contributed by atoms with E-state index in [4.69, 9.17) is 0 Å². The lowest BCUT2D eigenvalue weighted by Gasteiger charge is -2.32. The number of hydrogen-bond acceptors (Lipinski definition) is 3. The summed E-state index contributed by atoms with van der Waals surface area (Å²) in [6.07, 6.45) is 6.43. The molecule has 2 aliphatic heterocycles. The van der Waals surface area contributed by atoms with Gasteiger partial charge in [0.05, 0.1) is 17.6 Å². The first-order chi connectivity index (χ1) is 7.66. The Kier molecular flexibility index (Phi) is 3.44. The minimum absolute atomic E-state index is 0.457. The van der Waals surface area contributed by atoms with Crippen molar-refractivity contribution in [2.45, 2.75) is 32.7 Å². The van der Waals surface area contributed by atoms with Crippen molar-refractivity contribution in [3.05, 3.63) is 24.2 Å². The van der Waals surface area contributed by atoms with Gasteiger partial charge in [-0.2, -0.15) is 0 Å². The molecule has 1 fully saturated rings. The molecule has 0 unspecified atom stereocenters. The Hall–Kier alpha value is -1.09. The minimum Gasteiger partial charge on any atom is -0.343 e. The van der Waals surface area contributed by atoms with E-state index >= 15 is 0 Å². The van der Waals surface area contributed by atoms with E-state index in [0.29, 0.717) is 6.04 Å². The SMILES string of the molecule is C=C1C=NC(CCN2CCC2)=CN1C(C)C. The molecule has 2 aliphatic rings. The highest BCUT2D eigenvalue weighted by molar-refractivity contribution is 5.79. The fraction of sp³-hybridized carbons (Fsp3) is 0.615. The van der Waals surface area contributed by atoms with Gasteiger partial charge in [0.15, 0.2) is 0 Å². The van der Waals surface area contributed by atoms with Crippen molar-refractivity contribution >= 4 is 6.21 Å². The van der Waals surface area contributed by atoms with Gasteiger partial charge in [-0.25, -0.2) is 0 Å². The van der Waals surface area contributed by atoms with E-state index < -0.39 is 0 Å². The summed E-state index contributed by atoms with van der Waals surface area (Å²) in [6.45, 7) is 12.0. The topological polar surface area (TPSA) is 18.8 Å². The van der Waals surface area contributed by atoms with Crippen LogP contribution in [0.1, 0.15) is 26.7 Å². The average molecular weight is 219 g/mol. The molecule has 2 rings (SSSR count). The molecule has 0 bridgehead atoms. The second-order valence-corrected chi connectivity index (χ2v) is 4.82. The van der Waals surface area contributed by atoms with Crippen LogP contribution in [-0.2, 0) is 0 Å². The number of nitrogens with zero attached hydrogens (tertiary/aromatic N) is 3. The average Bonchev–Trinajstić information content (AvgIpc) is 2.17. The van der Waals surface area contributed by atoms with Crippen molar-refractivity contribution in [3.63, 3.8) is 0 Å². The number of rotatable bonds is 4. The van der Waals surface area contributed by atoms with Crippen molar-refractivity contribution in [1.29, 1.82) is 0 Å². The lowest BCUT2D eigenvalue weighted by Crippen LogP contribution is -2.38. The van der Waals surface area contributed by atoms with E-state index in [9.17, 15) is 0 Å². The van der Waals surface area contributed by atoms with Crippen LogP contribution in [-0.4, -0.2) is 41.7 Å². The molecule has 0 atom stereocenters. The van der Waals surface area contributed by atoms with Gasteiger partial charge < -0.3 is 9.80 Å². The molecule has 0 spiro atoms. The molecule has 0 aromatic rings. The van der Waals surface area contributed by atoms with Gasteiger partial charge in [-0.15, -0.1) is 0 Å². The van der Waals surface area contributed by atoms with Crippen molar-refractivity contribution in [1.82, 2.24) is 9.80 Å². The Morgan fingerprint density at radius 1 is 1.44 bits per heavy atom. The third-order valence-corrected chi connectivity index (χ3v) is 3.19. The summed E-state index contributed by atoms with van der Waals surface area (Å²) in [7, 11) is 0. The molecule has 0 saturated carbocycles. The largest absolute Gasteiger partial charge is 0.343 e. The summed E-state index contributed by atoms with van der Waals surface area (Å²) in [4.78, 5) is 9.11. The zero-order chi connectivity index (χ0) is 11.5. The fourth-order valence-electron chi connectivity index (χ4n) is 1.99. The summed E-state index contributed by atoms with van der Waals surface area (Å²) in [6, 6.07) is 0.457. The monoisotopic (exact) mass is 219 g/mol. The molecule has 3 nitrogen and oxygen atoms in total. The van der Waals surface area contributed by atoms with Gasteiger partial charge in [0.1, 0.15) is 0 Å². The fourth-order valence-corrected chi connectivity index (χ4v) is 1.99. The molecular weight excluding hydrogens is 198 g/mol. The zero-order valence-corrected chi connectivity index (χ0v) is 10.3. The van der Waals surface area contributed by atoms with Crippen LogP contribution in [0.25, 0.3) is 0 Å². The van der Waals surface area contributed by atoms with Crippen LogP contribution < -0.4 is 0 Å². The van der Waals surface area contributed by atoms with Gasteiger partial charge in [-0.05, 0) is 33.4 Å². The Balaban J connectivity index is 1.90. The van der Waals surface area contributed by atoms with Gasteiger partial charge in [-0.1, -0.05) is 6.58 Å². The lowest BCUT2D eigenvalue weighted by atomic mass is 10.2. The van der Waals surface area contributed by atoms with Crippen LogP contribution in [0.15, 0.2) is 29.2 Å². The first-order valence-corrected chi connectivity index (χ1v) is 6.11. The first-order valence-electron chi connectivity index (χ1n) is 6.11. The normalized spacial score (nSPS) is 21.3. The van der Waals surface area contributed by atoms with Crippen LogP contribution >= 0.6 is 0 Å². The van der Waals surface area contributed by atoms with Crippen molar-refractivity contribution in [2.75, 3.05) is 19.6 Å². The number of likely N-dealkylation sites (tertiary alicyclic amines) is 1. The van der Waals surface area contributed by atoms with Crippen LogP contribution in [0.2, 0.25) is 0 Å². The predicted octanol–water partition coefficient (Wildman–Crippen LogP) is 2.23. The molecule has 16 heavy (non-hydrogen) atoms. The summed E-state index contributed by atoms with van der Waals surface area (Å²) in [5, 5.41) is 0. The zero-order valence-electron chi connectivity index (χ0n) is 10.3. The Morgan fingerprint density at radius 3 is 2.75 bits per heavy atom. The van der Waals surface area contributed by atoms with Gasteiger partial charge >= 0.3 is 0 Å². The van der Waals surface area contributed by atoms with Crippen molar-refractivity contribution < 1.29 is 0 Å². The molecule has 0 aliphatic carbocycles. The van der Waals surface area contributed by atoms with E-state index in [1.54, 1.807) is 0 Å². The van der Waals surface area contributed by atoms with Crippen LogP contribution in [0, 0.1) is 0 Å². The van der Waals surface area contributed by atoms with Crippen molar-refractivity contribution in [2.24, 2.45) is 4.99 Å². The maximum Gasteiger partial charge on any atom is 0.0579 e. The molecule has 3 heteroatoms. The third kappa shape index (κ3) is 2.53. The van der Waals surface area contributed by atoms with Gasteiger partial charge in [0.2, 0.25) is 0 Å². The van der Waals surface area contributed by atoms with Gasteiger partial charge in [-0.3, -0.25) is 4.99 Å².